The van der Waals surface area contributed by atoms with Crippen LogP contribution in [0.15, 0.2) is 46.9 Å². The molecule has 150 valence electrons. The lowest BCUT2D eigenvalue weighted by atomic mass is 10.2. The van der Waals surface area contributed by atoms with Crippen molar-refractivity contribution in [2.75, 3.05) is 20.3 Å². The fourth-order valence-electron chi connectivity index (χ4n) is 2.24. The summed E-state index contributed by atoms with van der Waals surface area (Å²) in [5.41, 5.74) is 5.01. The number of hydrogen-bond acceptors (Lipinski definition) is 5. The SMILES string of the molecule is CCCCOc1ccc(Br)cc1C(=O)NNC(=O)COc1ccccc1OC. The van der Waals surface area contributed by atoms with Crippen LogP contribution in [0.2, 0.25) is 0 Å². The number of amides is 2. The second-order valence-electron chi connectivity index (χ2n) is 5.78. The molecule has 7 nitrogen and oxygen atoms in total. The monoisotopic (exact) mass is 450 g/mol. The van der Waals surface area contributed by atoms with Crippen LogP contribution in [0.4, 0.5) is 0 Å². The van der Waals surface area contributed by atoms with Gasteiger partial charge >= 0.3 is 0 Å². The Morgan fingerprint density at radius 1 is 1.00 bits per heavy atom. The second-order valence-corrected chi connectivity index (χ2v) is 6.70. The zero-order valence-electron chi connectivity index (χ0n) is 15.8. The first-order chi connectivity index (χ1) is 13.5. The molecular formula is C20H23BrN2O5. The summed E-state index contributed by atoms with van der Waals surface area (Å²) < 4.78 is 17.0. The molecule has 0 fully saturated rings. The van der Waals surface area contributed by atoms with Crippen LogP contribution in [0, 0.1) is 0 Å². The fourth-order valence-corrected chi connectivity index (χ4v) is 2.60. The molecule has 0 atom stereocenters. The third-order valence-corrected chi connectivity index (χ3v) is 4.18. The highest BCUT2D eigenvalue weighted by molar-refractivity contribution is 9.10. The molecule has 0 spiro atoms. The minimum atomic E-state index is -0.511. The Balaban J connectivity index is 1.90. The third-order valence-electron chi connectivity index (χ3n) is 3.68. The molecule has 0 unspecified atom stereocenters. The van der Waals surface area contributed by atoms with Gasteiger partial charge in [0.2, 0.25) is 0 Å². The Morgan fingerprint density at radius 3 is 2.46 bits per heavy atom. The van der Waals surface area contributed by atoms with Gasteiger partial charge in [-0.05, 0) is 36.8 Å². The van der Waals surface area contributed by atoms with Gasteiger partial charge in [0, 0.05) is 4.47 Å². The van der Waals surface area contributed by atoms with Crippen LogP contribution in [-0.4, -0.2) is 32.1 Å². The summed E-state index contributed by atoms with van der Waals surface area (Å²) in [4.78, 5) is 24.4. The molecule has 2 aromatic rings. The van der Waals surface area contributed by atoms with Gasteiger partial charge in [0.25, 0.3) is 11.8 Å². The van der Waals surface area contributed by atoms with Crippen LogP contribution in [0.1, 0.15) is 30.1 Å². The summed E-state index contributed by atoms with van der Waals surface area (Å²) >= 11 is 3.34. The van der Waals surface area contributed by atoms with E-state index in [1.54, 1.807) is 42.5 Å². The van der Waals surface area contributed by atoms with E-state index in [2.05, 4.69) is 33.7 Å². The van der Waals surface area contributed by atoms with Crippen molar-refractivity contribution in [2.45, 2.75) is 19.8 Å². The van der Waals surface area contributed by atoms with Crippen molar-refractivity contribution in [2.24, 2.45) is 0 Å². The van der Waals surface area contributed by atoms with Gasteiger partial charge in [0.05, 0.1) is 19.3 Å². The molecule has 0 heterocycles. The molecule has 8 heteroatoms. The minimum Gasteiger partial charge on any atom is -0.493 e. The normalized spacial score (nSPS) is 10.1. The number of ether oxygens (including phenoxy) is 3. The lowest BCUT2D eigenvalue weighted by molar-refractivity contribution is -0.123. The lowest BCUT2D eigenvalue weighted by Crippen LogP contribution is -2.44. The van der Waals surface area contributed by atoms with E-state index in [1.165, 1.54) is 7.11 Å². The average Bonchev–Trinajstić information content (AvgIpc) is 2.71. The number of hydrazine groups is 1. The molecule has 0 radical (unpaired) electrons. The Bertz CT molecular complexity index is 813. The van der Waals surface area contributed by atoms with Crippen LogP contribution in [-0.2, 0) is 4.79 Å². The van der Waals surface area contributed by atoms with Gasteiger partial charge in [-0.25, -0.2) is 0 Å². The van der Waals surface area contributed by atoms with Gasteiger partial charge in [-0.2, -0.15) is 0 Å². The smallest absolute Gasteiger partial charge is 0.276 e. The average molecular weight is 451 g/mol. The van der Waals surface area contributed by atoms with Crippen molar-refractivity contribution >= 4 is 27.7 Å². The molecule has 0 aliphatic rings. The summed E-state index contributed by atoms with van der Waals surface area (Å²) in [5.74, 6) is 0.405. The van der Waals surface area contributed by atoms with Crippen LogP contribution in [0.3, 0.4) is 0 Å². The highest BCUT2D eigenvalue weighted by Crippen LogP contribution is 2.25. The number of unbranched alkanes of at least 4 members (excludes halogenated alkanes) is 1. The first-order valence-corrected chi connectivity index (χ1v) is 9.61. The van der Waals surface area contributed by atoms with Crippen LogP contribution >= 0.6 is 15.9 Å². The van der Waals surface area contributed by atoms with Gasteiger partial charge in [0.15, 0.2) is 18.1 Å². The van der Waals surface area contributed by atoms with Gasteiger partial charge in [-0.15, -0.1) is 0 Å². The Hall–Kier alpha value is -2.74. The predicted octanol–water partition coefficient (Wildman–Crippen LogP) is 3.48. The zero-order valence-corrected chi connectivity index (χ0v) is 17.4. The summed E-state index contributed by atoms with van der Waals surface area (Å²) in [6.07, 6.45) is 1.87. The number of para-hydroxylation sites is 2. The van der Waals surface area contributed by atoms with Gasteiger partial charge in [0.1, 0.15) is 5.75 Å². The molecule has 2 N–H and O–H groups in total. The standard InChI is InChI=1S/C20H23BrN2O5/c1-3-4-11-27-16-10-9-14(21)12-15(16)20(25)23-22-19(24)13-28-18-8-6-5-7-17(18)26-2/h5-10,12H,3-4,11,13H2,1-2H3,(H,22,24)(H,23,25). The number of benzene rings is 2. The van der Waals surface area contributed by atoms with Crippen molar-refractivity contribution in [3.8, 4) is 17.2 Å². The Labute approximate surface area is 172 Å². The van der Waals surface area contributed by atoms with Gasteiger partial charge < -0.3 is 14.2 Å². The van der Waals surface area contributed by atoms with E-state index in [1.807, 2.05) is 0 Å². The first kappa shape index (κ1) is 21.6. The topological polar surface area (TPSA) is 85.9 Å². The molecule has 2 amide bonds. The van der Waals surface area contributed by atoms with E-state index in [0.29, 0.717) is 29.4 Å². The van der Waals surface area contributed by atoms with Crippen LogP contribution in [0.5, 0.6) is 17.2 Å². The minimum absolute atomic E-state index is 0.279. The first-order valence-electron chi connectivity index (χ1n) is 8.82. The summed E-state index contributed by atoms with van der Waals surface area (Å²) in [7, 11) is 1.51. The van der Waals surface area contributed by atoms with Crippen molar-refractivity contribution < 1.29 is 23.8 Å². The highest BCUT2D eigenvalue weighted by Gasteiger charge is 2.15. The maximum absolute atomic E-state index is 12.4. The predicted molar refractivity (Wildman–Crippen MR) is 109 cm³/mol. The summed E-state index contributed by atoms with van der Waals surface area (Å²) in [5, 5.41) is 0. The van der Waals surface area contributed by atoms with E-state index in [9.17, 15) is 9.59 Å². The Morgan fingerprint density at radius 2 is 1.75 bits per heavy atom. The molecule has 0 aliphatic heterocycles. The molecule has 2 aromatic carbocycles. The van der Waals surface area contributed by atoms with E-state index in [-0.39, 0.29) is 6.61 Å². The molecule has 0 aromatic heterocycles. The van der Waals surface area contributed by atoms with E-state index in [0.717, 1.165) is 17.3 Å². The fraction of sp³-hybridized carbons (Fsp3) is 0.300. The van der Waals surface area contributed by atoms with Crippen molar-refractivity contribution in [3.05, 3.63) is 52.5 Å². The van der Waals surface area contributed by atoms with Crippen molar-refractivity contribution in [1.29, 1.82) is 0 Å². The molecule has 2 rings (SSSR count). The molecule has 0 saturated heterocycles. The molecule has 0 aliphatic carbocycles. The van der Waals surface area contributed by atoms with Crippen LogP contribution in [0.25, 0.3) is 0 Å². The lowest BCUT2D eigenvalue weighted by Gasteiger charge is -2.13. The number of carbonyl (C=O) groups excluding carboxylic acids is 2. The number of halogens is 1. The number of methoxy groups -OCH3 is 1. The quantitative estimate of drug-likeness (QED) is 0.451. The summed E-state index contributed by atoms with van der Waals surface area (Å²) in [6.45, 7) is 2.29. The molecular weight excluding hydrogens is 428 g/mol. The third kappa shape index (κ3) is 6.45. The maximum Gasteiger partial charge on any atom is 0.276 e. The second kappa shape index (κ2) is 11.2. The molecule has 28 heavy (non-hydrogen) atoms. The number of hydrogen-bond donors (Lipinski definition) is 2. The van der Waals surface area contributed by atoms with Crippen molar-refractivity contribution in [1.82, 2.24) is 10.9 Å². The number of nitrogens with one attached hydrogen (secondary N) is 2. The van der Waals surface area contributed by atoms with E-state index >= 15 is 0 Å². The number of carbonyl (C=O) groups is 2. The highest BCUT2D eigenvalue weighted by atomic mass is 79.9. The molecule has 0 bridgehead atoms. The number of rotatable bonds is 9. The Kier molecular flexibility index (Phi) is 8.61. The van der Waals surface area contributed by atoms with Gasteiger partial charge in [-0.1, -0.05) is 41.4 Å². The largest absolute Gasteiger partial charge is 0.493 e. The van der Waals surface area contributed by atoms with Gasteiger partial charge in [-0.3, -0.25) is 20.4 Å². The summed E-state index contributed by atoms with van der Waals surface area (Å²) in [6, 6.07) is 12.1. The molecule has 0 saturated carbocycles. The van der Waals surface area contributed by atoms with E-state index in [4.69, 9.17) is 14.2 Å². The van der Waals surface area contributed by atoms with Crippen LogP contribution < -0.4 is 25.1 Å². The van der Waals surface area contributed by atoms with Crippen molar-refractivity contribution in [3.63, 3.8) is 0 Å². The zero-order chi connectivity index (χ0) is 20.4. The van der Waals surface area contributed by atoms with E-state index < -0.39 is 11.8 Å². The maximum atomic E-state index is 12.4.